The first-order valence-electron chi connectivity index (χ1n) is 9.91. The summed E-state index contributed by atoms with van der Waals surface area (Å²) < 4.78 is 7.57. The number of aromatic nitrogens is 3. The van der Waals surface area contributed by atoms with Crippen LogP contribution in [0.4, 0.5) is 5.13 Å². The molecule has 1 N–H and O–H groups in total. The van der Waals surface area contributed by atoms with Crippen molar-refractivity contribution in [2.45, 2.75) is 13.5 Å². The third-order valence-corrected chi connectivity index (χ3v) is 5.81. The number of hydrogen-bond acceptors (Lipinski definition) is 6. The average molecular weight is 476 g/mol. The van der Waals surface area contributed by atoms with Gasteiger partial charge in [0.05, 0.1) is 10.7 Å². The number of nitrogens with zero attached hydrogens (tertiary/aromatic N) is 4. The summed E-state index contributed by atoms with van der Waals surface area (Å²) in [6.07, 6.45) is 3.31. The smallest absolute Gasteiger partial charge is 0.268 e. The van der Waals surface area contributed by atoms with Crippen molar-refractivity contribution in [3.63, 3.8) is 0 Å². The van der Waals surface area contributed by atoms with E-state index < -0.39 is 5.91 Å². The van der Waals surface area contributed by atoms with E-state index in [4.69, 9.17) is 16.3 Å². The molecule has 0 saturated carbocycles. The number of nitrogens with one attached hydrogen (secondary N) is 1. The van der Waals surface area contributed by atoms with E-state index in [0.717, 1.165) is 17.0 Å². The average Bonchev–Trinajstić information content (AvgIpc) is 3.46. The maximum absolute atomic E-state index is 12.7. The molecule has 0 unspecified atom stereocenters. The largest absolute Gasteiger partial charge is 0.486 e. The third kappa shape index (κ3) is 5.29. The first-order chi connectivity index (χ1) is 16.0. The van der Waals surface area contributed by atoms with Crippen LogP contribution in [0.25, 0.3) is 11.8 Å². The quantitative estimate of drug-likeness (QED) is 0.285. The van der Waals surface area contributed by atoms with Gasteiger partial charge in [0, 0.05) is 11.9 Å². The van der Waals surface area contributed by atoms with Crippen molar-refractivity contribution in [1.29, 1.82) is 5.26 Å². The van der Waals surface area contributed by atoms with Crippen molar-refractivity contribution < 1.29 is 9.53 Å². The van der Waals surface area contributed by atoms with Crippen LogP contribution in [0, 0.1) is 18.3 Å². The zero-order valence-corrected chi connectivity index (χ0v) is 19.1. The molecule has 2 heterocycles. The van der Waals surface area contributed by atoms with Crippen molar-refractivity contribution in [3.8, 4) is 17.5 Å². The number of para-hydroxylation sites is 2. The molecular weight excluding hydrogens is 458 g/mol. The number of nitriles is 1. The van der Waals surface area contributed by atoms with Crippen molar-refractivity contribution in [1.82, 2.24) is 14.8 Å². The molecule has 4 rings (SSSR count). The van der Waals surface area contributed by atoms with Gasteiger partial charge in [0.25, 0.3) is 5.91 Å². The Balaban J connectivity index is 1.46. The van der Waals surface area contributed by atoms with Crippen LogP contribution in [-0.2, 0) is 11.4 Å². The number of carbonyl (C=O) groups excluding carboxylic acids is 1. The van der Waals surface area contributed by atoms with E-state index in [-0.39, 0.29) is 17.3 Å². The molecule has 0 bridgehead atoms. The second-order valence-electron chi connectivity index (χ2n) is 6.93. The van der Waals surface area contributed by atoms with E-state index in [1.54, 1.807) is 16.7 Å². The number of carbonyl (C=O) groups is 1. The van der Waals surface area contributed by atoms with Crippen LogP contribution in [0.15, 0.2) is 72.4 Å². The first-order valence-corrected chi connectivity index (χ1v) is 11.1. The summed E-state index contributed by atoms with van der Waals surface area (Å²) in [6, 6.07) is 20.5. The number of ether oxygens (including phenoxy) is 1. The lowest BCUT2D eigenvalue weighted by molar-refractivity contribution is -0.112. The molecule has 0 saturated heterocycles. The Morgan fingerprint density at radius 2 is 1.97 bits per heavy atom. The molecular formula is C24H18ClN5O2S. The molecule has 0 atom stereocenters. The minimum Gasteiger partial charge on any atom is -0.486 e. The highest BCUT2D eigenvalue weighted by molar-refractivity contribution is 7.15. The van der Waals surface area contributed by atoms with Gasteiger partial charge in [0.15, 0.2) is 5.01 Å². The van der Waals surface area contributed by atoms with Gasteiger partial charge >= 0.3 is 0 Å². The van der Waals surface area contributed by atoms with Crippen molar-refractivity contribution >= 4 is 40.1 Å². The van der Waals surface area contributed by atoms with E-state index >= 15 is 0 Å². The molecule has 4 aromatic rings. The fourth-order valence-electron chi connectivity index (χ4n) is 3.06. The second-order valence-corrected chi connectivity index (χ2v) is 8.40. The van der Waals surface area contributed by atoms with Gasteiger partial charge < -0.3 is 9.30 Å². The predicted octanol–water partition coefficient (Wildman–Crippen LogP) is 5.42. The fraction of sp³-hybridized carbons (Fsp3) is 0.0833. The van der Waals surface area contributed by atoms with Gasteiger partial charge in [0.2, 0.25) is 5.13 Å². The zero-order chi connectivity index (χ0) is 23.2. The molecule has 0 aliphatic rings. The highest BCUT2D eigenvalue weighted by Crippen LogP contribution is 2.24. The Labute approximate surface area is 199 Å². The molecule has 7 nitrogen and oxygen atoms in total. The predicted molar refractivity (Wildman–Crippen MR) is 128 cm³/mol. The van der Waals surface area contributed by atoms with Gasteiger partial charge in [-0.15, -0.1) is 10.2 Å². The lowest BCUT2D eigenvalue weighted by Gasteiger charge is -2.09. The summed E-state index contributed by atoms with van der Waals surface area (Å²) in [6.45, 7) is 2.18. The molecule has 2 aromatic heterocycles. The van der Waals surface area contributed by atoms with Crippen LogP contribution in [0.1, 0.15) is 16.3 Å². The Kier molecular flexibility index (Phi) is 6.83. The normalized spacial score (nSPS) is 11.1. The van der Waals surface area contributed by atoms with E-state index in [1.165, 1.54) is 17.4 Å². The molecule has 0 aliphatic carbocycles. The topological polar surface area (TPSA) is 92.8 Å². The summed E-state index contributed by atoms with van der Waals surface area (Å²) in [7, 11) is 0. The lowest BCUT2D eigenvalue weighted by atomic mass is 10.2. The summed E-state index contributed by atoms with van der Waals surface area (Å²) in [5.41, 5.74) is 2.32. The van der Waals surface area contributed by atoms with Crippen LogP contribution in [-0.4, -0.2) is 20.7 Å². The first kappa shape index (κ1) is 22.3. The van der Waals surface area contributed by atoms with Crippen LogP contribution in [0.3, 0.4) is 0 Å². The van der Waals surface area contributed by atoms with E-state index in [1.807, 2.05) is 67.7 Å². The molecule has 2 aromatic carbocycles. The van der Waals surface area contributed by atoms with Crippen molar-refractivity contribution in [2.24, 2.45) is 0 Å². The number of anilines is 1. The van der Waals surface area contributed by atoms with E-state index in [2.05, 4.69) is 15.5 Å². The standard InChI is InChI=1S/C24H18ClN5O2S/c1-16-7-2-5-11-21(16)32-15-22-28-29-24(33-22)27-23(31)17(14-26)13-18-8-6-12-30(18)20-10-4-3-9-19(20)25/h2-13H,15H2,1H3,(H,27,29,31)/b17-13-. The third-order valence-electron chi connectivity index (χ3n) is 4.68. The Morgan fingerprint density at radius 3 is 2.76 bits per heavy atom. The molecule has 9 heteroatoms. The molecule has 1 amide bonds. The number of halogens is 1. The number of amides is 1. The highest BCUT2D eigenvalue weighted by atomic mass is 35.5. The van der Waals surface area contributed by atoms with Crippen molar-refractivity contribution in [2.75, 3.05) is 5.32 Å². The number of benzene rings is 2. The fourth-order valence-corrected chi connectivity index (χ4v) is 3.93. The van der Waals surface area contributed by atoms with Gasteiger partial charge in [-0.2, -0.15) is 5.26 Å². The van der Waals surface area contributed by atoms with Gasteiger partial charge in [-0.3, -0.25) is 10.1 Å². The van der Waals surface area contributed by atoms with Gasteiger partial charge in [-0.05, 0) is 48.9 Å². The van der Waals surface area contributed by atoms with Crippen molar-refractivity contribution in [3.05, 3.63) is 93.7 Å². The Bertz CT molecular complexity index is 1370. The molecule has 0 spiro atoms. The minimum atomic E-state index is -0.577. The summed E-state index contributed by atoms with van der Waals surface area (Å²) in [5.74, 6) is 0.182. The number of rotatable bonds is 7. The molecule has 33 heavy (non-hydrogen) atoms. The van der Waals surface area contributed by atoms with Crippen LogP contribution >= 0.6 is 22.9 Å². The molecule has 164 valence electrons. The molecule has 0 radical (unpaired) electrons. The van der Waals surface area contributed by atoms with E-state index in [9.17, 15) is 10.1 Å². The number of aryl methyl sites for hydroxylation is 1. The Hall–Kier alpha value is -3.93. The minimum absolute atomic E-state index is 0.0742. The maximum Gasteiger partial charge on any atom is 0.268 e. The Morgan fingerprint density at radius 1 is 1.18 bits per heavy atom. The monoisotopic (exact) mass is 475 g/mol. The maximum atomic E-state index is 12.7. The summed E-state index contributed by atoms with van der Waals surface area (Å²) in [4.78, 5) is 12.7. The molecule has 0 aliphatic heterocycles. The number of hydrogen-bond donors (Lipinski definition) is 1. The van der Waals surface area contributed by atoms with Crippen LogP contribution in [0.5, 0.6) is 5.75 Å². The SMILES string of the molecule is Cc1ccccc1OCc1nnc(NC(=O)/C(C#N)=C\c2cccn2-c2ccccc2Cl)s1. The van der Waals surface area contributed by atoms with Crippen LogP contribution in [0.2, 0.25) is 5.02 Å². The highest BCUT2D eigenvalue weighted by Gasteiger charge is 2.15. The lowest BCUT2D eigenvalue weighted by Crippen LogP contribution is -2.13. The van der Waals surface area contributed by atoms with E-state index in [0.29, 0.717) is 15.7 Å². The molecule has 0 fully saturated rings. The van der Waals surface area contributed by atoms with Gasteiger partial charge in [-0.25, -0.2) is 0 Å². The van der Waals surface area contributed by atoms with Gasteiger partial charge in [0.1, 0.15) is 24.0 Å². The summed E-state index contributed by atoms with van der Waals surface area (Å²) >= 11 is 7.48. The summed E-state index contributed by atoms with van der Waals surface area (Å²) in [5, 5.41) is 21.7. The second kappa shape index (κ2) is 10.1. The zero-order valence-electron chi connectivity index (χ0n) is 17.5. The van der Waals surface area contributed by atoms with Crippen LogP contribution < -0.4 is 10.1 Å². The van der Waals surface area contributed by atoms with Gasteiger partial charge in [-0.1, -0.05) is 53.3 Å².